The standard InChI is InChI=1S/C21H23ClF3N3O3S/c22-18-7-6-16(21(23,24)25)12-19(18)28(32(30,31)17-4-2-1-3-5-17)14-20(29)27-13-15-8-10-26-11-9-15/h1-7,12,15,26H,8-11,13-14H2,(H,27,29)/p+1. The smallest absolute Gasteiger partial charge is 0.354 e. The number of sulfonamides is 1. The summed E-state index contributed by atoms with van der Waals surface area (Å²) in [5, 5.41) is 4.68. The first kappa shape index (κ1) is 24.3. The molecule has 0 spiro atoms. The Morgan fingerprint density at radius 2 is 1.78 bits per heavy atom. The Morgan fingerprint density at radius 1 is 1.12 bits per heavy atom. The molecule has 0 aliphatic carbocycles. The highest BCUT2D eigenvalue weighted by Crippen LogP contribution is 2.37. The zero-order valence-corrected chi connectivity index (χ0v) is 18.7. The fourth-order valence-corrected chi connectivity index (χ4v) is 5.27. The van der Waals surface area contributed by atoms with Crippen LogP contribution in [0.3, 0.4) is 0 Å². The molecule has 0 atom stereocenters. The van der Waals surface area contributed by atoms with Crippen molar-refractivity contribution < 1.29 is 31.7 Å². The van der Waals surface area contributed by atoms with Gasteiger partial charge >= 0.3 is 6.18 Å². The van der Waals surface area contributed by atoms with Gasteiger partial charge in [0.1, 0.15) is 6.54 Å². The van der Waals surface area contributed by atoms with Crippen molar-refractivity contribution in [1.29, 1.82) is 0 Å². The predicted molar refractivity (Wildman–Crippen MR) is 115 cm³/mol. The van der Waals surface area contributed by atoms with Crippen molar-refractivity contribution in [1.82, 2.24) is 5.32 Å². The molecule has 1 amide bonds. The van der Waals surface area contributed by atoms with Crippen LogP contribution in [0, 0.1) is 5.92 Å². The molecule has 0 unspecified atom stereocenters. The van der Waals surface area contributed by atoms with Gasteiger partial charge in [0.2, 0.25) is 5.91 Å². The summed E-state index contributed by atoms with van der Waals surface area (Å²) in [7, 11) is -4.36. The summed E-state index contributed by atoms with van der Waals surface area (Å²) in [6.07, 6.45) is -2.86. The van der Waals surface area contributed by atoms with Crippen LogP contribution in [0.4, 0.5) is 18.9 Å². The van der Waals surface area contributed by atoms with Gasteiger partial charge in [-0.2, -0.15) is 13.2 Å². The van der Waals surface area contributed by atoms with E-state index in [4.69, 9.17) is 11.6 Å². The largest absolute Gasteiger partial charge is 0.416 e. The molecule has 11 heteroatoms. The predicted octanol–water partition coefficient (Wildman–Crippen LogP) is 2.64. The van der Waals surface area contributed by atoms with Crippen molar-refractivity contribution in [3.63, 3.8) is 0 Å². The number of alkyl halides is 3. The van der Waals surface area contributed by atoms with Gasteiger partial charge in [-0.05, 0) is 36.2 Å². The number of quaternary nitrogens is 1. The number of nitrogens with zero attached hydrogens (tertiary/aromatic N) is 1. The van der Waals surface area contributed by atoms with Crippen LogP contribution in [-0.2, 0) is 21.0 Å². The molecule has 3 N–H and O–H groups in total. The second kappa shape index (κ2) is 10.1. The normalized spacial score (nSPS) is 15.4. The molecule has 2 aromatic rings. The minimum Gasteiger partial charge on any atom is -0.354 e. The third-order valence-electron chi connectivity index (χ3n) is 5.31. The number of anilines is 1. The number of amides is 1. The van der Waals surface area contributed by atoms with Crippen molar-refractivity contribution in [3.05, 3.63) is 59.1 Å². The van der Waals surface area contributed by atoms with E-state index in [1.165, 1.54) is 24.3 Å². The highest BCUT2D eigenvalue weighted by atomic mass is 35.5. The molecule has 0 radical (unpaired) electrons. The number of rotatable bonds is 7. The third kappa shape index (κ3) is 5.93. The summed E-state index contributed by atoms with van der Waals surface area (Å²) in [5.41, 5.74) is -1.48. The van der Waals surface area contributed by atoms with Crippen LogP contribution >= 0.6 is 11.6 Å². The maximum atomic E-state index is 13.3. The van der Waals surface area contributed by atoms with Gasteiger partial charge in [-0.25, -0.2) is 8.42 Å². The molecule has 1 aliphatic rings. The number of nitrogens with one attached hydrogen (secondary N) is 1. The molecule has 6 nitrogen and oxygen atoms in total. The van der Waals surface area contributed by atoms with Crippen LogP contribution in [0.5, 0.6) is 0 Å². The van der Waals surface area contributed by atoms with E-state index in [1.54, 1.807) is 6.07 Å². The Hall–Kier alpha value is -2.30. The summed E-state index contributed by atoms with van der Waals surface area (Å²) in [6.45, 7) is 1.59. The highest BCUT2D eigenvalue weighted by molar-refractivity contribution is 7.92. The van der Waals surface area contributed by atoms with Crippen molar-refractivity contribution in [2.45, 2.75) is 23.9 Å². The van der Waals surface area contributed by atoms with Crippen molar-refractivity contribution in [3.8, 4) is 0 Å². The van der Waals surface area contributed by atoms with Crippen molar-refractivity contribution >= 4 is 33.2 Å². The lowest BCUT2D eigenvalue weighted by Crippen LogP contribution is -2.86. The molecule has 0 bridgehead atoms. The van der Waals surface area contributed by atoms with E-state index in [-0.39, 0.29) is 15.8 Å². The Kier molecular flexibility index (Phi) is 7.68. The second-order valence-corrected chi connectivity index (χ2v) is 9.87. The van der Waals surface area contributed by atoms with E-state index >= 15 is 0 Å². The molecule has 1 saturated heterocycles. The first-order chi connectivity index (χ1) is 15.1. The SMILES string of the molecule is O=C(CN(c1cc(C(F)(F)F)ccc1Cl)S(=O)(=O)c1ccccc1)NCC1CC[NH2+]CC1. The van der Waals surface area contributed by atoms with Gasteiger partial charge in [-0.1, -0.05) is 29.8 Å². The highest BCUT2D eigenvalue weighted by Gasteiger charge is 2.34. The molecular weight excluding hydrogens is 467 g/mol. The van der Waals surface area contributed by atoms with Gasteiger partial charge in [0.05, 0.1) is 34.3 Å². The minimum atomic E-state index is -4.71. The van der Waals surface area contributed by atoms with E-state index < -0.39 is 39.9 Å². The van der Waals surface area contributed by atoms with Crippen LogP contribution in [0.1, 0.15) is 18.4 Å². The molecule has 1 fully saturated rings. The minimum absolute atomic E-state index is 0.163. The number of hydrogen-bond acceptors (Lipinski definition) is 3. The maximum Gasteiger partial charge on any atom is 0.416 e. The van der Waals surface area contributed by atoms with Crippen LogP contribution in [0.2, 0.25) is 5.02 Å². The number of nitrogens with two attached hydrogens (primary N) is 1. The number of benzene rings is 2. The van der Waals surface area contributed by atoms with Gasteiger partial charge in [-0.15, -0.1) is 0 Å². The second-order valence-electron chi connectivity index (χ2n) is 7.60. The quantitative estimate of drug-likeness (QED) is 0.626. The lowest BCUT2D eigenvalue weighted by molar-refractivity contribution is -0.664. The average molecular weight is 491 g/mol. The van der Waals surface area contributed by atoms with Crippen LogP contribution in [-0.4, -0.2) is 40.5 Å². The number of piperidine rings is 1. The maximum absolute atomic E-state index is 13.3. The molecule has 0 aromatic heterocycles. The molecule has 2 aromatic carbocycles. The molecule has 1 aliphatic heterocycles. The zero-order valence-electron chi connectivity index (χ0n) is 17.1. The number of halogens is 4. The fraction of sp³-hybridized carbons (Fsp3) is 0.381. The first-order valence-electron chi connectivity index (χ1n) is 10.1. The van der Waals surface area contributed by atoms with E-state index in [0.717, 1.165) is 38.1 Å². The summed E-state index contributed by atoms with van der Waals surface area (Å²) in [5.74, 6) is -0.340. The summed E-state index contributed by atoms with van der Waals surface area (Å²) >= 11 is 6.11. The van der Waals surface area contributed by atoms with E-state index in [9.17, 15) is 26.4 Å². The van der Waals surface area contributed by atoms with Gasteiger partial charge in [0, 0.05) is 19.4 Å². The van der Waals surface area contributed by atoms with Crippen LogP contribution in [0.25, 0.3) is 0 Å². The molecule has 32 heavy (non-hydrogen) atoms. The summed E-state index contributed by atoms with van der Waals surface area (Å²) in [6, 6.07) is 9.57. The Bertz CT molecular complexity index is 1040. The topological polar surface area (TPSA) is 83.1 Å². The summed E-state index contributed by atoms with van der Waals surface area (Å²) < 4.78 is 67.0. The van der Waals surface area contributed by atoms with Gasteiger partial charge in [0.15, 0.2) is 0 Å². The average Bonchev–Trinajstić information content (AvgIpc) is 2.77. The number of carbonyl (C=O) groups is 1. The van der Waals surface area contributed by atoms with E-state index in [2.05, 4.69) is 10.6 Å². The third-order valence-corrected chi connectivity index (χ3v) is 7.40. The first-order valence-corrected chi connectivity index (χ1v) is 11.9. The van der Waals surface area contributed by atoms with E-state index in [1.807, 2.05) is 0 Å². The Balaban J connectivity index is 1.93. The van der Waals surface area contributed by atoms with Gasteiger partial charge in [-0.3, -0.25) is 9.10 Å². The van der Waals surface area contributed by atoms with Gasteiger partial charge < -0.3 is 10.6 Å². The van der Waals surface area contributed by atoms with Gasteiger partial charge in [0.25, 0.3) is 10.0 Å². The van der Waals surface area contributed by atoms with Crippen LogP contribution < -0.4 is 14.9 Å². The molecule has 174 valence electrons. The number of hydrogen-bond donors (Lipinski definition) is 2. The molecule has 3 rings (SSSR count). The molecule has 1 heterocycles. The summed E-state index contributed by atoms with van der Waals surface area (Å²) in [4.78, 5) is 12.5. The fourth-order valence-electron chi connectivity index (χ4n) is 3.54. The van der Waals surface area contributed by atoms with Crippen molar-refractivity contribution in [2.24, 2.45) is 5.92 Å². The molecule has 0 saturated carbocycles. The monoisotopic (exact) mass is 490 g/mol. The Morgan fingerprint density at radius 3 is 2.41 bits per heavy atom. The Labute approximate surface area is 189 Å². The van der Waals surface area contributed by atoms with E-state index in [0.29, 0.717) is 16.9 Å². The lowest BCUT2D eigenvalue weighted by atomic mass is 9.98. The van der Waals surface area contributed by atoms with Crippen molar-refractivity contribution in [2.75, 3.05) is 30.5 Å². The lowest BCUT2D eigenvalue weighted by Gasteiger charge is -2.26. The molecular formula is C21H24ClF3N3O3S+. The zero-order chi connectivity index (χ0) is 23.4. The van der Waals surface area contributed by atoms with Crippen LogP contribution in [0.15, 0.2) is 53.4 Å². The number of carbonyl (C=O) groups excluding carboxylic acids is 1.